The average Bonchev–Trinajstić information content (AvgIpc) is 2.87. The number of nitrogens with zero attached hydrogens (tertiary/aromatic N) is 2. The van der Waals surface area contributed by atoms with Gasteiger partial charge in [0, 0.05) is 40.5 Å². The predicted molar refractivity (Wildman–Crippen MR) is 96.7 cm³/mol. The van der Waals surface area contributed by atoms with Crippen molar-refractivity contribution in [3.8, 4) is 0 Å². The van der Waals surface area contributed by atoms with E-state index < -0.39 is 0 Å². The fraction of sp³-hybridized carbons (Fsp3) is 0.438. The van der Waals surface area contributed by atoms with Crippen LogP contribution in [0.5, 0.6) is 0 Å². The van der Waals surface area contributed by atoms with Crippen LogP contribution >= 0.6 is 34.2 Å². The molecule has 0 spiro atoms. The lowest BCUT2D eigenvalue weighted by Crippen LogP contribution is -2.24. The van der Waals surface area contributed by atoms with E-state index in [9.17, 15) is 0 Å². The van der Waals surface area contributed by atoms with Gasteiger partial charge in [-0.15, -0.1) is 0 Å². The normalized spacial score (nSPS) is 12.6. The first-order valence-electron chi connectivity index (χ1n) is 7.26. The van der Waals surface area contributed by atoms with Gasteiger partial charge in [-0.1, -0.05) is 18.5 Å². The summed E-state index contributed by atoms with van der Waals surface area (Å²) in [5.74, 6) is 1.12. The third kappa shape index (κ3) is 4.69. The van der Waals surface area contributed by atoms with Crippen molar-refractivity contribution in [2.45, 2.75) is 32.2 Å². The second kappa shape index (κ2) is 8.15. The Hall–Kier alpha value is -0.590. The Balaban J connectivity index is 2.13. The Bertz CT molecular complexity index is 583. The van der Waals surface area contributed by atoms with E-state index in [2.05, 4.69) is 56.5 Å². The summed E-state index contributed by atoms with van der Waals surface area (Å²) in [5, 5.41) is 4.43. The van der Waals surface area contributed by atoms with Gasteiger partial charge in [0.2, 0.25) is 0 Å². The Morgan fingerprint density at radius 1 is 1.43 bits per heavy atom. The number of rotatable bonds is 7. The van der Waals surface area contributed by atoms with Gasteiger partial charge in [0.15, 0.2) is 0 Å². The molecule has 0 aliphatic rings. The summed E-state index contributed by atoms with van der Waals surface area (Å²) in [7, 11) is 2.04. The SMILES string of the molecule is CCCNC(CCc1nccn1C)c1cc(Cl)ccc1I. The van der Waals surface area contributed by atoms with Crippen LogP contribution in [0, 0.1) is 3.57 Å². The highest BCUT2D eigenvalue weighted by atomic mass is 127. The van der Waals surface area contributed by atoms with Crippen LogP contribution in [0.4, 0.5) is 0 Å². The maximum absolute atomic E-state index is 6.17. The van der Waals surface area contributed by atoms with Gasteiger partial charge in [-0.05, 0) is 65.7 Å². The molecule has 0 aliphatic carbocycles. The lowest BCUT2D eigenvalue weighted by atomic mass is 10.0. The molecule has 1 unspecified atom stereocenters. The minimum absolute atomic E-state index is 0.312. The molecule has 2 rings (SSSR count). The highest BCUT2D eigenvalue weighted by Gasteiger charge is 2.15. The van der Waals surface area contributed by atoms with Crippen LogP contribution in [-0.2, 0) is 13.5 Å². The van der Waals surface area contributed by atoms with Crippen molar-refractivity contribution < 1.29 is 0 Å². The molecule has 0 radical (unpaired) electrons. The standard InChI is InChI=1S/C16H21ClIN3/c1-3-8-19-15(6-7-16-20-9-10-21(16)2)13-11-12(17)4-5-14(13)18/h4-5,9-11,15,19H,3,6-8H2,1-2H3. The molecule has 1 atom stereocenters. The van der Waals surface area contributed by atoms with Crippen LogP contribution in [-0.4, -0.2) is 16.1 Å². The molecule has 0 amide bonds. The van der Waals surface area contributed by atoms with Crippen molar-refractivity contribution in [3.63, 3.8) is 0 Å². The zero-order valence-electron chi connectivity index (χ0n) is 12.4. The molecule has 5 heteroatoms. The van der Waals surface area contributed by atoms with Crippen LogP contribution in [0.15, 0.2) is 30.6 Å². The minimum Gasteiger partial charge on any atom is -0.338 e. The van der Waals surface area contributed by atoms with E-state index in [4.69, 9.17) is 11.6 Å². The fourth-order valence-electron chi connectivity index (χ4n) is 2.38. The maximum Gasteiger partial charge on any atom is 0.108 e. The molecule has 0 aliphatic heterocycles. The minimum atomic E-state index is 0.312. The number of hydrogen-bond donors (Lipinski definition) is 1. The van der Waals surface area contributed by atoms with Gasteiger partial charge < -0.3 is 9.88 Å². The molecular formula is C16H21ClIN3. The molecule has 0 bridgehead atoms. The third-order valence-corrected chi connectivity index (χ3v) is 4.77. The zero-order chi connectivity index (χ0) is 15.2. The molecule has 2 aromatic rings. The summed E-state index contributed by atoms with van der Waals surface area (Å²) in [6, 6.07) is 6.42. The van der Waals surface area contributed by atoms with E-state index in [0.29, 0.717) is 6.04 Å². The molecular weight excluding hydrogens is 397 g/mol. The van der Waals surface area contributed by atoms with Gasteiger partial charge in [-0.3, -0.25) is 0 Å². The van der Waals surface area contributed by atoms with Crippen molar-refractivity contribution in [3.05, 3.63) is 50.6 Å². The lowest BCUT2D eigenvalue weighted by Gasteiger charge is -2.20. The van der Waals surface area contributed by atoms with Crippen LogP contribution in [0.3, 0.4) is 0 Å². The highest BCUT2D eigenvalue weighted by molar-refractivity contribution is 14.1. The molecule has 114 valence electrons. The first-order valence-corrected chi connectivity index (χ1v) is 8.72. The van der Waals surface area contributed by atoms with E-state index in [1.54, 1.807) is 0 Å². The Labute approximate surface area is 145 Å². The van der Waals surface area contributed by atoms with E-state index in [1.807, 2.05) is 25.5 Å². The summed E-state index contributed by atoms with van der Waals surface area (Å²) in [6.07, 6.45) is 6.94. The highest BCUT2D eigenvalue weighted by Crippen LogP contribution is 2.27. The number of aromatic nitrogens is 2. The van der Waals surface area contributed by atoms with Crippen molar-refractivity contribution in [1.82, 2.24) is 14.9 Å². The fourth-order valence-corrected chi connectivity index (χ4v) is 3.27. The van der Waals surface area contributed by atoms with Gasteiger partial charge in [0.25, 0.3) is 0 Å². The molecule has 1 N–H and O–H groups in total. The van der Waals surface area contributed by atoms with Gasteiger partial charge in [-0.25, -0.2) is 4.98 Å². The second-order valence-corrected chi connectivity index (χ2v) is 6.76. The first kappa shape index (κ1) is 16.8. The maximum atomic E-state index is 6.17. The topological polar surface area (TPSA) is 29.9 Å². The summed E-state index contributed by atoms with van der Waals surface area (Å²) < 4.78 is 3.34. The molecule has 1 aromatic carbocycles. The van der Waals surface area contributed by atoms with Gasteiger partial charge in [0.05, 0.1) is 0 Å². The lowest BCUT2D eigenvalue weighted by molar-refractivity contribution is 0.489. The van der Waals surface area contributed by atoms with Crippen molar-refractivity contribution in [2.24, 2.45) is 7.05 Å². The second-order valence-electron chi connectivity index (χ2n) is 5.17. The number of nitrogens with one attached hydrogen (secondary N) is 1. The molecule has 1 heterocycles. The molecule has 1 aromatic heterocycles. The van der Waals surface area contributed by atoms with Crippen molar-refractivity contribution >= 4 is 34.2 Å². The summed E-state index contributed by atoms with van der Waals surface area (Å²) >= 11 is 8.56. The Kier molecular flexibility index (Phi) is 6.51. The Morgan fingerprint density at radius 2 is 2.24 bits per heavy atom. The number of benzene rings is 1. The molecule has 21 heavy (non-hydrogen) atoms. The van der Waals surface area contributed by atoms with Gasteiger partial charge in [-0.2, -0.15) is 0 Å². The predicted octanol–water partition coefficient (Wildman–Crippen LogP) is 4.35. The summed E-state index contributed by atoms with van der Waals surface area (Å²) in [5.41, 5.74) is 1.28. The summed E-state index contributed by atoms with van der Waals surface area (Å²) in [4.78, 5) is 4.41. The molecule has 0 saturated carbocycles. The van der Waals surface area contributed by atoms with Crippen LogP contribution in [0.1, 0.15) is 37.2 Å². The van der Waals surface area contributed by atoms with Gasteiger partial charge in [0.1, 0.15) is 5.82 Å². The largest absolute Gasteiger partial charge is 0.338 e. The number of halogens is 2. The molecule has 0 fully saturated rings. The number of imidazole rings is 1. The molecule has 3 nitrogen and oxygen atoms in total. The van der Waals surface area contributed by atoms with Crippen molar-refractivity contribution in [2.75, 3.05) is 6.54 Å². The van der Waals surface area contributed by atoms with E-state index in [-0.39, 0.29) is 0 Å². The van der Waals surface area contributed by atoms with Gasteiger partial charge >= 0.3 is 0 Å². The average molecular weight is 418 g/mol. The van der Waals surface area contributed by atoms with Crippen LogP contribution in [0.25, 0.3) is 0 Å². The van der Waals surface area contributed by atoms with Crippen LogP contribution < -0.4 is 5.32 Å². The van der Waals surface area contributed by atoms with E-state index >= 15 is 0 Å². The Morgan fingerprint density at radius 3 is 2.90 bits per heavy atom. The van der Waals surface area contributed by atoms with Crippen LogP contribution in [0.2, 0.25) is 5.02 Å². The molecule has 0 saturated heterocycles. The zero-order valence-corrected chi connectivity index (χ0v) is 15.4. The monoisotopic (exact) mass is 417 g/mol. The first-order chi connectivity index (χ1) is 10.1. The van der Waals surface area contributed by atoms with E-state index in [1.165, 1.54) is 9.13 Å². The van der Waals surface area contributed by atoms with E-state index in [0.717, 1.165) is 36.7 Å². The number of hydrogen-bond acceptors (Lipinski definition) is 2. The smallest absolute Gasteiger partial charge is 0.108 e. The van der Waals surface area contributed by atoms with Crippen molar-refractivity contribution in [1.29, 1.82) is 0 Å². The summed E-state index contributed by atoms with van der Waals surface area (Å²) in [6.45, 7) is 3.19. The third-order valence-electron chi connectivity index (χ3n) is 3.55. The number of aryl methyl sites for hydroxylation is 2. The quantitative estimate of drug-likeness (QED) is 0.679.